The van der Waals surface area contributed by atoms with E-state index in [2.05, 4.69) is 4.98 Å². The van der Waals surface area contributed by atoms with Crippen molar-refractivity contribution < 1.29 is 9.18 Å². The van der Waals surface area contributed by atoms with Crippen LogP contribution in [-0.4, -0.2) is 10.8 Å². The topological polar surface area (TPSA) is 30.0 Å². The normalized spacial score (nSPS) is 10.3. The van der Waals surface area contributed by atoms with Gasteiger partial charge in [-0.05, 0) is 31.2 Å². The summed E-state index contributed by atoms with van der Waals surface area (Å²) in [6.07, 6.45) is 2.97. The summed E-state index contributed by atoms with van der Waals surface area (Å²) in [6, 6.07) is 6.01. The Morgan fingerprint density at radius 1 is 1.29 bits per heavy atom. The molecule has 0 radical (unpaired) electrons. The molecule has 1 heterocycles. The summed E-state index contributed by atoms with van der Waals surface area (Å²) < 4.78 is 13.7. The molecule has 2 aromatic rings. The average Bonchev–Trinajstić information content (AvgIpc) is 2.29. The largest absolute Gasteiger partial charge is 0.294 e. The molecule has 1 aromatic carbocycles. The van der Waals surface area contributed by atoms with Crippen LogP contribution in [-0.2, 0) is 0 Å². The zero-order chi connectivity index (χ0) is 12.4. The Labute approximate surface area is 103 Å². The maximum absolute atomic E-state index is 13.7. The molecule has 0 N–H and O–H groups in total. The maximum Gasteiger partial charge on any atom is 0.161 e. The highest BCUT2D eigenvalue weighted by Gasteiger charge is 2.08. The molecular weight excluding hydrogens is 241 g/mol. The van der Waals surface area contributed by atoms with Gasteiger partial charge in [0.2, 0.25) is 0 Å². The van der Waals surface area contributed by atoms with Gasteiger partial charge in [0.05, 0.1) is 0 Å². The van der Waals surface area contributed by atoms with E-state index in [1.807, 2.05) is 0 Å². The first-order chi connectivity index (χ1) is 8.08. The van der Waals surface area contributed by atoms with Crippen molar-refractivity contribution in [2.75, 3.05) is 0 Å². The van der Waals surface area contributed by atoms with Gasteiger partial charge < -0.3 is 0 Å². The zero-order valence-electron chi connectivity index (χ0n) is 9.08. The number of hydrogen-bond acceptors (Lipinski definition) is 2. The molecule has 17 heavy (non-hydrogen) atoms. The monoisotopic (exact) mass is 249 g/mol. The molecule has 2 rings (SSSR count). The van der Waals surface area contributed by atoms with E-state index in [1.54, 1.807) is 18.2 Å². The molecule has 0 aliphatic rings. The summed E-state index contributed by atoms with van der Waals surface area (Å²) in [5, 5.41) is 0.335. The quantitative estimate of drug-likeness (QED) is 0.759. The summed E-state index contributed by atoms with van der Waals surface area (Å²) >= 11 is 5.68. The lowest BCUT2D eigenvalue weighted by Crippen LogP contribution is -1.94. The number of carbonyl (C=O) groups is 1. The third kappa shape index (κ3) is 2.50. The van der Waals surface area contributed by atoms with E-state index in [0.29, 0.717) is 21.7 Å². The molecule has 0 fully saturated rings. The van der Waals surface area contributed by atoms with Crippen molar-refractivity contribution in [1.29, 1.82) is 0 Å². The van der Waals surface area contributed by atoms with E-state index >= 15 is 0 Å². The van der Waals surface area contributed by atoms with E-state index in [4.69, 9.17) is 11.6 Å². The minimum absolute atomic E-state index is 0.103. The first kappa shape index (κ1) is 11.7. The molecule has 4 heteroatoms. The average molecular weight is 250 g/mol. The minimum Gasteiger partial charge on any atom is -0.294 e. The number of rotatable bonds is 2. The van der Waals surface area contributed by atoms with Gasteiger partial charge in [0, 0.05) is 34.1 Å². The number of pyridine rings is 1. The summed E-state index contributed by atoms with van der Waals surface area (Å²) in [4.78, 5) is 15.1. The van der Waals surface area contributed by atoms with Gasteiger partial charge in [-0.2, -0.15) is 0 Å². The van der Waals surface area contributed by atoms with E-state index in [0.717, 1.165) is 0 Å². The van der Waals surface area contributed by atoms with Gasteiger partial charge in [0.1, 0.15) is 5.82 Å². The van der Waals surface area contributed by atoms with Gasteiger partial charge in [0.15, 0.2) is 5.78 Å². The fraction of sp³-hybridized carbons (Fsp3) is 0.0769. The molecule has 0 saturated heterocycles. The van der Waals surface area contributed by atoms with Crippen LogP contribution in [0.2, 0.25) is 5.02 Å². The molecule has 2 nitrogen and oxygen atoms in total. The highest BCUT2D eigenvalue weighted by Crippen LogP contribution is 2.25. The molecule has 0 atom stereocenters. The standard InChI is InChI=1S/C13H9ClFNO/c1-8(17)9-4-10(7-16-6-9)12-3-2-11(14)5-13(12)15/h2-7H,1H3. The van der Waals surface area contributed by atoms with Crippen LogP contribution in [0, 0.1) is 5.82 Å². The summed E-state index contributed by atoms with van der Waals surface area (Å²) in [5.41, 5.74) is 1.40. The third-order valence-corrected chi connectivity index (χ3v) is 2.62. The second-order valence-corrected chi connectivity index (χ2v) is 4.08. The van der Waals surface area contributed by atoms with Crippen LogP contribution in [0.25, 0.3) is 11.1 Å². The summed E-state index contributed by atoms with van der Waals surface area (Å²) in [5.74, 6) is -0.534. The predicted molar refractivity (Wildman–Crippen MR) is 64.6 cm³/mol. The van der Waals surface area contributed by atoms with E-state index in [-0.39, 0.29) is 5.78 Å². The molecule has 0 aliphatic carbocycles. The van der Waals surface area contributed by atoms with E-state index in [1.165, 1.54) is 25.4 Å². The second kappa shape index (κ2) is 4.63. The Kier molecular flexibility index (Phi) is 3.20. The number of aromatic nitrogens is 1. The number of benzene rings is 1. The van der Waals surface area contributed by atoms with Gasteiger partial charge in [0.25, 0.3) is 0 Å². The molecule has 0 amide bonds. The van der Waals surface area contributed by atoms with Gasteiger partial charge in [-0.25, -0.2) is 4.39 Å². The highest BCUT2D eigenvalue weighted by molar-refractivity contribution is 6.30. The SMILES string of the molecule is CC(=O)c1cncc(-c2ccc(Cl)cc2F)c1. The van der Waals surface area contributed by atoms with Crippen LogP contribution >= 0.6 is 11.6 Å². The molecular formula is C13H9ClFNO. The van der Waals surface area contributed by atoms with Crippen LogP contribution in [0.1, 0.15) is 17.3 Å². The molecule has 0 saturated carbocycles. The molecule has 0 spiro atoms. The maximum atomic E-state index is 13.7. The van der Waals surface area contributed by atoms with E-state index in [9.17, 15) is 9.18 Å². The molecule has 0 unspecified atom stereocenters. The summed E-state index contributed by atoms with van der Waals surface area (Å²) in [6.45, 7) is 1.44. The fourth-order valence-corrected chi connectivity index (χ4v) is 1.66. The molecule has 1 aromatic heterocycles. The second-order valence-electron chi connectivity index (χ2n) is 3.64. The Hall–Kier alpha value is -1.74. The molecule has 0 aliphatic heterocycles. The van der Waals surface area contributed by atoms with Gasteiger partial charge >= 0.3 is 0 Å². The van der Waals surface area contributed by atoms with Crippen LogP contribution in [0.4, 0.5) is 4.39 Å². The van der Waals surface area contributed by atoms with Crippen molar-refractivity contribution in [2.45, 2.75) is 6.92 Å². The van der Waals surface area contributed by atoms with Crippen molar-refractivity contribution in [1.82, 2.24) is 4.98 Å². The first-order valence-electron chi connectivity index (χ1n) is 4.99. The van der Waals surface area contributed by atoms with Crippen molar-refractivity contribution >= 4 is 17.4 Å². The third-order valence-electron chi connectivity index (χ3n) is 2.39. The van der Waals surface area contributed by atoms with Crippen LogP contribution < -0.4 is 0 Å². The Morgan fingerprint density at radius 3 is 2.71 bits per heavy atom. The Morgan fingerprint density at radius 2 is 2.06 bits per heavy atom. The summed E-state index contributed by atoms with van der Waals surface area (Å²) in [7, 11) is 0. The Bertz CT molecular complexity index is 583. The fourth-order valence-electron chi connectivity index (χ4n) is 1.50. The lowest BCUT2D eigenvalue weighted by molar-refractivity contribution is 0.101. The van der Waals surface area contributed by atoms with E-state index < -0.39 is 5.82 Å². The van der Waals surface area contributed by atoms with Crippen LogP contribution in [0.3, 0.4) is 0 Å². The number of Topliss-reactive ketones (excluding diaryl/α,β-unsaturated/α-hetero) is 1. The predicted octanol–water partition coefficient (Wildman–Crippen LogP) is 3.74. The van der Waals surface area contributed by atoms with Gasteiger partial charge in [-0.15, -0.1) is 0 Å². The van der Waals surface area contributed by atoms with Crippen molar-refractivity contribution in [3.8, 4) is 11.1 Å². The number of ketones is 1. The number of halogens is 2. The van der Waals surface area contributed by atoms with Crippen molar-refractivity contribution in [2.24, 2.45) is 0 Å². The smallest absolute Gasteiger partial charge is 0.161 e. The number of hydrogen-bond donors (Lipinski definition) is 0. The highest BCUT2D eigenvalue weighted by atomic mass is 35.5. The number of carbonyl (C=O) groups excluding carboxylic acids is 1. The zero-order valence-corrected chi connectivity index (χ0v) is 9.83. The lowest BCUT2D eigenvalue weighted by Gasteiger charge is -2.04. The van der Waals surface area contributed by atoms with Crippen LogP contribution in [0.5, 0.6) is 0 Å². The lowest BCUT2D eigenvalue weighted by atomic mass is 10.0. The van der Waals surface area contributed by atoms with Crippen molar-refractivity contribution in [3.05, 3.63) is 53.1 Å². The van der Waals surface area contributed by atoms with Crippen molar-refractivity contribution in [3.63, 3.8) is 0 Å². The first-order valence-corrected chi connectivity index (χ1v) is 5.37. The minimum atomic E-state index is -0.431. The number of nitrogens with zero attached hydrogens (tertiary/aromatic N) is 1. The van der Waals surface area contributed by atoms with Crippen LogP contribution in [0.15, 0.2) is 36.7 Å². The molecule has 86 valence electrons. The Balaban J connectivity index is 2.53. The molecule has 0 bridgehead atoms. The van der Waals surface area contributed by atoms with Gasteiger partial charge in [-0.1, -0.05) is 11.6 Å². The van der Waals surface area contributed by atoms with Gasteiger partial charge in [-0.3, -0.25) is 9.78 Å².